The van der Waals surface area contributed by atoms with Crippen molar-refractivity contribution in [1.29, 1.82) is 0 Å². The number of amides is 1. The summed E-state index contributed by atoms with van der Waals surface area (Å²) in [4.78, 5) is 23.5. The number of carboxylic acids is 1. The summed E-state index contributed by atoms with van der Waals surface area (Å²) in [5.41, 5.74) is -0.940. The summed E-state index contributed by atoms with van der Waals surface area (Å²) in [5.74, 6) is -2.25. The monoisotopic (exact) mass is 279 g/mol. The number of rotatable bonds is 4. The molecular formula is C15H18FNO3. The molecule has 1 amide bonds. The second-order valence-corrected chi connectivity index (χ2v) is 5.26. The highest BCUT2D eigenvalue weighted by Gasteiger charge is 2.39. The van der Waals surface area contributed by atoms with Crippen molar-refractivity contribution in [2.24, 2.45) is 5.41 Å². The van der Waals surface area contributed by atoms with Gasteiger partial charge in [0, 0.05) is 5.41 Å². The lowest BCUT2D eigenvalue weighted by atomic mass is 9.82. The van der Waals surface area contributed by atoms with Crippen LogP contribution in [0, 0.1) is 11.2 Å². The molecule has 1 aromatic rings. The fraction of sp³-hybridized carbons (Fsp3) is 0.467. The summed E-state index contributed by atoms with van der Waals surface area (Å²) in [6.45, 7) is 1.93. The van der Waals surface area contributed by atoms with Crippen LogP contribution in [0.4, 0.5) is 10.1 Å². The minimum absolute atomic E-state index is 0.220. The topological polar surface area (TPSA) is 66.4 Å². The van der Waals surface area contributed by atoms with Crippen LogP contribution in [0.25, 0.3) is 0 Å². The third-order valence-corrected chi connectivity index (χ3v) is 4.20. The first-order valence-corrected chi connectivity index (χ1v) is 6.83. The van der Waals surface area contributed by atoms with Gasteiger partial charge in [0.05, 0.1) is 11.3 Å². The van der Waals surface area contributed by atoms with Crippen LogP contribution >= 0.6 is 0 Å². The molecule has 0 heterocycles. The van der Waals surface area contributed by atoms with Gasteiger partial charge >= 0.3 is 5.97 Å². The summed E-state index contributed by atoms with van der Waals surface area (Å²) in [5, 5.41) is 11.6. The number of benzene rings is 1. The quantitative estimate of drug-likeness (QED) is 0.887. The number of anilines is 1. The van der Waals surface area contributed by atoms with Crippen LogP contribution in [0.3, 0.4) is 0 Å². The van der Waals surface area contributed by atoms with Crippen LogP contribution in [-0.4, -0.2) is 17.0 Å². The van der Waals surface area contributed by atoms with E-state index in [9.17, 15) is 14.0 Å². The number of hydrogen-bond donors (Lipinski definition) is 2. The number of halogens is 1. The van der Waals surface area contributed by atoms with Crippen LogP contribution in [-0.2, 0) is 4.79 Å². The molecule has 0 bridgehead atoms. The van der Waals surface area contributed by atoms with Crippen LogP contribution in [0.2, 0.25) is 0 Å². The molecule has 0 aromatic heterocycles. The lowest BCUT2D eigenvalue weighted by Crippen LogP contribution is -2.34. The summed E-state index contributed by atoms with van der Waals surface area (Å²) in [7, 11) is 0. The zero-order valence-corrected chi connectivity index (χ0v) is 11.4. The van der Waals surface area contributed by atoms with Crippen molar-refractivity contribution in [2.75, 3.05) is 5.32 Å². The van der Waals surface area contributed by atoms with Gasteiger partial charge in [0.15, 0.2) is 0 Å². The molecule has 108 valence electrons. The zero-order valence-electron chi connectivity index (χ0n) is 11.4. The number of nitrogens with one attached hydrogen (secondary N) is 1. The highest BCUT2D eigenvalue weighted by atomic mass is 19.1. The van der Waals surface area contributed by atoms with Gasteiger partial charge in [0.25, 0.3) is 0 Å². The Kier molecular flexibility index (Phi) is 4.06. The van der Waals surface area contributed by atoms with E-state index in [2.05, 4.69) is 5.32 Å². The van der Waals surface area contributed by atoms with Gasteiger partial charge in [0.1, 0.15) is 5.82 Å². The van der Waals surface area contributed by atoms with Gasteiger partial charge in [0.2, 0.25) is 5.91 Å². The molecule has 0 saturated heterocycles. The highest BCUT2D eigenvalue weighted by molar-refractivity contribution is 6.02. The average molecular weight is 279 g/mol. The lowest BCUT2D eigenvalue weighted by molar-refractivity contribution is -0.125. The fourth-order valence-electron chi connectivity index (χ4n) is 2.87. The summed E-state index contributed by atoms with van der Waals surface area (Å²) >= 11 is 0. The zero-order chi connectivity index (χ0) is 14.8. The van der Waals surface area contributed by atoms with Gasteiger partial charge < -0.3 is 10.4 Å². The second kappa shape index (κ2) is 5.61. The number of aromatic carboxylic acids is 1. The summed E-state index contributed by atoms with van der Waals surface area (Å²) in [6.07, 6.45) is 4.17. The third kappa shape index (κ3) is 2.53. The van der Waals surface area contributed by atoms with Gasteiger partial charge in [-0.3, -0.25) is 4.79 Å². The molecule has 0 spiro atoms. The molecule has 20 heavy (non-hydrogen) atoms. The van der Waals surface area contributed by atoms with Crippen LogP contribution in [0.5, 0.6) is 0 Å². The van der Waals surface area contributed by atoms with Gasteiger partial charge in [-0.05, 0) is 31.4 Å². The second-order valence-electron chi connectivity index (χ2n) is 5.26. The van der Waals surface area contributed by atoms with E-state index in [1.165, 1.54) is 12.1 Å². The Morgan fingerprint density at radius 3 is 2.55 bits per heavy atom. The molecule has 0 radical (unpaired) electrons. The molecule has 0 aliphatic heterocycles. The molecule has 0 atom stereocenters. The Balaban J connectivity index is 2.30. The van der Waals surface area contributed by atoms with Crippen molar-refractivity contribution in [3.63, 3.8) is 0 Å². The maximum Gasteiger partial charge on any atom is 0.337 e. The smallest absolute Gasteiger partial charge is 0.337 e. The largest absolute Gasteiger partial charge is 0.478 e. The SMILES string of the molecule is CCC1(C(=O)Nc2c(F)cccc2C(=O)O)CCCC1. The molecule has 2 N–H and O–H groups in total. The van der Waals surface area contributed by atoms with E-state index in [1.54, 1.807) is 0 Å². The molecule has 1 aliphatic rings. The number of carbonyl (C=O) groups excluding carboxylic acids is 1. The Hall–Kier alpha value is -1.91. The maximum atomic E-state index is 13.8. The van der Waals surface area contributed by atoms with E-state index >= 15 is 0 Å². The Labute approximate surface area is 117 Å². The van der Waals surface area contributed by atoms with Gasteiger partial charge in [-0.2, -0.15) is 0 Å². The predicted octanol–water partition coefficient (Wildman–Crippen LogP) is 3.43. The van der Waals surface area contributed by atoms with E-state index in [1.807, 2.05) is 6.92 Å². The van der Waals surface area contributed by atoms with Gasteiger partial charge in [-0.1, -0.05) is 25.8 Å². The average Bonchev–Trinajstić information content (AvgIpc) is 2.90. The van der Waals surface area contributed by atoms with Crippen molar-refractivity contribution in [3.05, 3.63) is 29.6 Å². The van der Waals surface area contributed by atoms with Crippen molar-refractivity contribution in [3.8, 4) is 0 Å². The van der Waals surface area contributed by atoms with Crippen molar-refractivity contribution >= 4 is 17.6 Å². The van der Waals surface area contributed by atoms with Crippen molar-refractivity contribution in [1.82, 2.24) is 0 Å². The van der Waals surface area contributed by atoms with Crippen LogP contribution in [0.1, 0.15) is 49.4 Å². The molecular weight excluding hydrogens is 261 g/mol. The molecule has 4 nitrogen and oxygen atoms in total. The Morgan fingerprint density at radius 2 is 2.00 bits per heavy atom. The lowest BCUT2D eigenvalue weighted by Gasteiger charge is -2.26. The molecule has 1 saturated carbocycles. The normalized spacial score (nSPS) is 16.9. The standard InChI is InChI=1S/C15H18FNO3/c1-2-15(8-3-4-9-15)14(20)17-12-10(13(18)19)6-5-7-11(12)16/h5-7H,2-4,8-9H2,1H3,(H,17,20)(H,18,19). The van der Waals surface area contributed by atoms with E-state index in [0.717, 1.165) is 31.7 Å². The predicted molar refractivity (Wildman–Crippen MR) is 73.2 cm³/mol. The molecule has 2 rings (SSSR count). The molecule has 1 aliphatic carbocycles. The van der Waals surface area contributed by atoms with E-state index < -0.39 is 17.2 Å². The fourth-order valence-corrected chi connectivity index (χ4v) is 2.87. The van der Waals surface area contributed by atoms with Crippen LogP contribution in [0.15, 0.2) is 18.2 Å². The maximum absolute atomic E-state index is 13.8. The number of carboxylic acid groups (broad SMARTS) is 1. The first-order chi connectivity index (χ1) is 9.50. The number of carbonyl (C=O) groups is 2. The molecule has 1 aromatic carbocycles. The molecule has 1 fully saturated rings. The Bertz CT molecular complexity index is 536. The van der Waals surface area contributed by atoms with Crippen molar-refractivity contribution in [2.45, 2.75) is 39.0 Å². The van der Waals surface area contributed by atoms with Crippen LogP contribution < -0.4 is 5.32 Å². The first kappa shape index (κ1) is 14.5. The van der Waals surface area contributed by atoms with Crippen molar-refractivity contribution < 1.29 is 19.1 Å². The van der Waals surface area contributed by atoms with Gasteiger partial charge in [-0.15, -0.1) is 0 Å². The minimum atomic E-state index is -1.25. The molecule has 0 unspecified atom stereocenters. The Morgan fingerprint density at radius 1 is 1.35 bits per heavy atom. The summed E-state index contributed by atoms with van der Waals surface area (Å²) < 4.78 is 13.8. The highest BCUT2D eigenvalue weighted by Crippen LogP contribution is 2.42. The third-order valence-electron chi connectivity index (χ3n) is 4.20. The van der Waals surface area contributed by atoms with Gasteiger partial charge in [-0.25, -0.2) is 9.18 Å². The van der Waals surface area contributed by atoms with E-state index in [4.69, 9.17) is 5.11 Å². The minimum Gasteiger partial charge on any atom is -0.478 e. The molecule has 5 heteroatoms. The van der Waals surface area contributed by atoms with E-state index in [-0.39, 0.29) is 17.2 Å². The van der Waals surface area contributed by atoms with E-state index in [0.29, 0.717) is 6.42 Å². The number of para-hydroxylation sites is 1. The summed E-state index contributed by atoms with van der Waals surface area (Å²) in [6, 6.07) is 3.75. The number of hydrogen-bond acceptors (Lipinski definition) is 2. The first-order valence-electron chi connectivity index (χ1n) is 6.83.